The van der Waals surface area contributed by atoms with Crippen LogP contribution in [0.2, 0.25) is 0 Å². The minimum atomic E-state index is -0.192. The first-order valence-electron chi connectivity index (χ1n) is 6.84. The van der Waals surface area contributed by atoms with Gasteiger partial charge in [-0.1, -0.05) is 17.9 Å². The molecule has 1 aliphatic rings. The van der Waals surface area contributed by atoms with E-state index in [1.807, 2.05) is 6.07 Å². The van der Waals surface area contributed by atoms with Crippen LogP contribution in [0, 0.1) is 17.8 Å². The Morgan fingerprint density at radius 2 is 2.25 bits per heavy atom. The van der Waals surface area contributed by atoms with Gasteiger partial charge in [-0.3, -0.25) is 4.79 Å². The predicted molar refractivity (Wildman–Crippen MR) is 76.1 cm³/mol. The number of likely N-dealkylation sites (tertiary alicyclic amines) is 1. The molecule has 1 aromatic rings. The molecule has 106 valence electrons. The van der Waals surface area contributed by atoms with Gasteiger partial charge >= 0.3 is 0 Å². The highest BCUT2D eigenvalue weighted by Gasteiger charge is 2.23. The number of aliphatic hydroxyl groups excluding tert-OH is 2. The van der Waals surface area contributed by atoms with Gasteiger partial charge in [0, 0.05) is 30.8 Å². The van der Waals surface area contributed by atoms with Crippen molar-refractivity contribution >= 4 is 5.91 Å². The molecule has 0 bridgehead atoms. The van der Waals surface area contributed by atoms with E-state index >= 15 is 0 Å². The molecule has 1 unspecified atom stereocenters. The average molecular weight is 273 g/mol. The van der Waals surface area contributed by atoms with Crippen LogP contribution < -0.4 is 0 Å². The molecule has 1 aliphatic heterocycles. The van der Waals surface area contributed by atoms with E-state index < -0.39 is 0 Å². The number of nitrogens with zero attached hydrogens (tertiary/aromatic N) is 1. The average Bonchev–Trinajstić information content (AvgIpc) is 2.52. The van der Waals surface area contributed by atoms with Crippen LogP contribution in [0.1, 0.15) is 28.8 Å². The van der Waals surface area contributed by atoms with E-state index in [1.165, 1.54) is 0 Å². The first kappa shape index (κ1) is 14.6. The standard InChI is InChI=1S/C16H19NO3/c18-9-3-6-13-4-1-7-15(10-13)16(20)17-8-2-5-14(11-17)12-19/h1,4,7,10,14,18-19H,2,5,8-9,11-12H2. The molecule has 1 aromatic carbocycles. The number of rotatable bonds is 2. The first-order chi connectivity index (χ1) is 9.74. The number of aliphatic hydroxyl groups is 2. The Morgan fingerprint density at radius 1 is 1.40 bits per heavy atom. The van der Waals surface area contributed by atoms with Crippen molar-refractivity contribution in [1.82, 2.24) is 4.90 Å². The number of piperidine rings is 1. The Hall–Kier alpha value is -1.83. The Morgan fingerprint density at radius 3 is 3.00 bits per heavy atom. The molecule has 1 amide bonds. The monoisotopic (exact) mass is 273 g/mol. The summed E-state index contributed by atoms with van der Waals surface area (Å²) >= 11 is 0. The summed E-state index contributed by atoms with van der Waals surface area (Å²) in [5.74, 6) is 5.54. The van der Waals surface area contributed by atoms with E-state index in [-0.39, 0.29) is 25.0 Å². The van der Waals surface area contributed by atoms with Gasteiger partial charge in [0.25, 0.3) is 5.91 Å². The van der Waals surface area contributed by atoms with Crippen LogP contribution in [0.5, 0.6) is 0 Å². The lowest BCUT2D eigenvalue weighted by molar-refractivity contribution is 0.0620. The summed E-state index contributed by atoms with van der Waals surface area (Å²) in [5.41, 5.74) is 1.33. The molecule has 0 spiro atoms. The smallest absolute Gasteiger partial charge is 0.253 e. The third-order valence-electron chi connectivity index (χ3n) is 3.49. The maximum absolute atomic E-state index is 12.4. The molecule has 0 aromatic heterocycles. The summed E-state index contributed by atoms with van der Waals surface area (Å²) in [7, 11) is 0. The maximum Gasteiger partial charge on any atom is 0.253 e. The molecule has 1 atom stereocenters. The summed E-state index contributed by atoms with van der Waals surface area (Å²) in [5, 5.41) is 17.9. The first-order valence-corrected chi connectivity index (χ1v) is 6.84. The minimum Gasteiger partial charge on any atom is -0.396 e. The van der Waals surface area contributed by atoms with Crippen LogP contribution in [0.15, 0.2) is 24.3 Å². The number of carbonyl (C=O) groups excluding carboxylic acids is 1. The van der Waals surface area contributed by atoms with Crippen LogP contribution in [0.3, 0.4) is 0 Å². The van der Waals surface area contributed by atoms with Gasteiger partial charge in [0.1, 0.15) is 6.61 Å². The fourth-order valence-electron chi connectivity index (χ4n) is 2.45. The van der Waals surface area contributed by atoms with E-state index in [0.717, 1.165) is 24.9 Å². The molecule has 1 fully saturated rings. The lowest BCUT2D eigenvalue weighted by Crippen LogP contribution is -2.40. The normalized spacial score (nSPS) is 18.3. The van der Waals surface area contributed by atoms with Crippen molar-refractivity contribution in [3.63, 3.8) is 0 Å². The zero-order valence-corrected chi connectivity index (χ0v) is 11.4. The predicted octanol–water partition coefficient (Wildman–Crippen LogP) is 0.875. The number of amides is 1. The van der Waals surface area contributed by atoms with Gasteiger partial charge in [0.05, 0.1) is 0 Å². The second-order valence-electron chi connectivity index (χ2n) is 4.98. The van der Waals surface area contributed by atoms with Crippen LogP contribution in [-0.4, -0.2) is 47.3 Å². The van der Waals surface area contributed by atoms with Crippen molar-refractivity contribution < 1.29 is 15.0 Å². The Kier molecular flexibility index (Phi) is 5.16. The molecule has 0 aliphatic carbocycles. The fourth-order valence-corrected chi connectivity index (χ4v) is 2.45. The van der Waals surface area contributed by atoms with Gasteiger partial charge in [-0.15, -0.1) is 0 Å². The highest BCUT2D eigenvalue weighted by atomic mass is 16.3. The Bertz CT molecular complexity index is 530. The second-order valence-corrected chi connectivity index (χ2v) is 4.98. The zero-order chi connectivity index (χ0) is 14.4. The summed E-state index contributed by atoms with van der Waals surface area (Å²) in [6.45, 7) is 1.29. The Balaban J connectivity index is 2.12. The maximum atomic E-state index is 12.4. The SMILES string of the molecule is O=C(c1cccc(C#CCO)c1)N1CCCC(CO)C1. The molecule has 2 rings (SSSR count). The summed E-state index contributed by atoms with van der Waals surface area (Å²) in [6, 6.07) is 7.12. The van der Waals surface area contributed by atoms with Crippen LogP contribution in [-0.2, 0) is 0 Å². The molecule has 4 heteroatoms. The summed E-state index contributed by atoms with van der Waals surface area (Å²) in [6.07, 6.45) is 1.91. The van der Waals surface area contributed by atoms with E-state index in [2.05, 4.69) is 11.8 Å². The molecule has 1 saturated heterocycles. The van der Waals surface area contributed by atoms with Crippen molar-refractivity contribution in [2.75, 3.05) is 26.3 Å². The van der Waals surface area contributed by atoms with Gasteiger partial charge in [-0.25, -0.2) is 0 Å². The zero-order valence-electron chi connectivity index (χ0n) is 11.4. The minimum absolute atomic E-state index is 0.0178. The van der Waals surface area contributed by atoms with Crippen molar-refractivity contribution in [3.8, 4) is 11.8 Å². The molecular weight excluding hydrogens is 254 g/mol. The molecule has 4 nitrogen and oxygen atoms in total. The van der Waals surface area contributed by atoms with E-state index in [4.69, 9.17) is 5.11 Å². The molecule has 1 heterocycles. The number of hydrogen-bond acceptors (Lipinski definition) is 3. The summed E-state index contributed by atoms with van der Waals surface area (Å²) < 4.78 is 0. The largest absolute Gasteiger partial charge is 0.396 e. The fraction of sp³-hybridized carbons (Fsp3) is 0.438. The van der Waals surface area contributed by atoms with E-state index in [0.29, 0.717) is 12.1 Å². The molecular formula is C16H19NO3. The van der Waals surface area contributed by atoms with Crippen molar-refractivity contribution in [1.29, 1.82) is 0 Å². The van der Waals surface area contributed by atoms with Crippen molar-refractivity contribution in [2.24, 2.45) is 5.92 Å². The molecule has 20 heavy (non-hydrogen) atoms. The van der Waals surface area contributed by atoms with Crippen LogP contribution in [0.4, 0.5) is 0 Å². The van der Waals surface area contributed by atoms with Crippen molar-refractivity contribution in [3.05, 3.63) is 35.4 Å². The van der Waals surface area contributed by atoms with Gasteiger partial charge in [0.15, 0.2) is 0 Å². The van der Waals surface area contributed by atoms with Crippen LogP contribution in [0.25, 0.3) is 0 Å². The Labute approximate surface area is 119 Å². The van der Waals surface area contributed by atoms with E-state index in [1.54, 1.807) is 23.1 Å². The van der Waals surface area contributed by atoms with Gasteiger partial charge in [0.2, 0.25) is 0 Å². The van der Waals surface area contributed by atoms with E-state index in [9.17, 15) is 9.90 Å². The van der Waals surface area contributed by atoms with Gasteiger partial charge in [-0.2, -0.15) is 0 Å². The topological polar surface area (TPSA) is 60.8 Å². The number of carbonyl (C=O) groups is 1. The molecule has 2 N–H and O–H groups in total. The van der Waals surface area contributed by atoms with Gasteiger partial charge < -0.3 is 15.1 Å². The van der Waals surface area contributed by atoms with Crippen molar-refractivity contribution in [2.45, 2.75) is 12.8 Å². The molecule has 0 radical (unpaired) electrons. The lowest BCUT2D eigenvalue weighted by Gasteiger charge is -2.31. The number of benzene rings is 1. The lowest BCUT2D eigenvalue weighted by atomic mass is 9.98. The third-order valence-corrected chi connectivity index (χ3v) is 3.49. The van der Waals surface area contributed by atoms with Crippen LogP contribution >= 0.6 is 0 Å². The quantitative estimate of drug-likeness (QED) is 0.786. The third kappa shape index (κ3) is 3.60. The molecule has 0 saturated carbocycles. The van der Waals surface area contributed by atoms with Gasteiger partial charge in [-0.05, 0) is 37.0 Å². The number of hydrogen-bond donors (Lipinski definition) is 2. The second kappa shape index (κ2) is 7.09. The highest BCUT2D eigenvalue weighted by Crippen LogP contribution is 2.18. The highest BCUT2D eigenvalue weighted by molar-refractivity contribution is 5.94. The summed E-state index contributed by atoms with van der Waals surface area (Å²) in [4.78, 5) is 14.2.